The molecule has 0 saturated carbocycles. The number of likely N-dealkylation sites (tertiary alicyclic amines) is 1. The maximum absolute atomic E-state index is 12.6. The van der Waals surface area contributed by atoms with Gasteiger partial charge in [-0.15, -0.1) is 0 Å². The van der Waals surface area contributed by atoms with Crippen LogP contribution in [0, 0.1) is 5.92 Å². The molecule has 1 aromatic rings. The zero-order valence-electron chi connectivity index (χ0n) is 11.4. The van der Waals surface area contributed by atoms with E-state index in [1.807, 2.05) is 6.92 Å². The zero-order chi connectivity index (χ0) is 15.0. The fourth-order valence-corrected chi connectivity index (χ4v) is 2.89. The molecule has 5 nitrogen and oxygen atoms in total. The summed E-state index contributed by atoms with van der Waals surface area (Å²) in [6.07, 6.45) is 1.47. The van der Waals surface area contributed by atoms with E-state index in [0.29, 0.717) is 22.4 Å². The Labute approximate surface area is 127 Å². The molecule has 20 heavy (non-hydrogen) atoms. The predicted octanol–water partition coefficient (Wildman–Crippen LogP) is 2.06. The number of hydrogen-bond acceptors (Lipinski definition) is 2. The molecular weight excluding hydrogens is 301 g/mol. The molecule has 2 N–H and O–H groups in total. The second-order valence-electron chi connectivity index (χ2n) is 5.21. The van der Waals surface area contributed by atoms with E-state index in [9.17, 15) is 9.59 Å². The fraction of sp³-hybridized carbons (Fsp3) is 0.538. The Hall–Kier alpha value is -1.20. The third-order valence-electron chi connectivity index (χ3n) is 3.88. The highest BCUT2D eigenvalue weighted by atomic mass is 35.5. The number of rotatable bonds is 2. The molecule has 110 valence electrons. The molecule has 0 unspecified atom stereocenters. The highest BCUT2D eigenvalue weighted by Crippen LogP contribution is 2.28. The van der Waals surface area contributed by atoms with E-state index in [2.05, 4.69) is 0 Å². The van der Waals surface area contributed by atoms with Gasteiger partial charge in [0.2, 0.25) is 5.91 Å². The van der Waals surface area contributed by atoms with Crippen molar-refractivity contribution < 1.29 is 9.59 Å². The Bertz CT molecular complexity index is 556. The minimum atomic E-state index is -0.363. The van der Waals surface area contributed by atoms with Crippen LogP contribution in [0.3, 0.4) is 0 Å². The first-order valence-corrected chi connectivity index (χ1v) is 7.19. The lowest BCUT2D eigenvalue weighted by Gasteiger charge is -2.36. The first kappa shape index (κ1) is 15.2. The van der Waals surface area contributed by atoms with Gasteiger partial charge in [-0.3, -0.25) is 9.59 Å². The van der Waals surface area contributed by atoms with E-state index < -0.39 is 0 Å². The van der Waals surface area contributed by atoms with E-state index in [1.54, 1.807) is 22.6 Å². The van der Waals surface area contributed by atoms with Crippen molar-refractivity contribution in [2.45, 2.75) is 25.8 Å². The fourth-order valence-electron chi connectivity index (χ4n) is 2.52. The number of amides is 2. The summed E-state index contributed by atoms with van der Waals surface area (Å²) >= 11 is 11.9. The van der Waals surface area contributed by atoms with Gasteiger partial charge in [0.1, 0.15) is 10.8 Å². The minimum Gasteiger partial charge on any atom is -0.369 e. The average molecular weight is 318 g/mol. The van der Waals surface area contributed by atoms with E-state index in [-0.39, 0.29) is 23.8 Å². The van der Waals surface area contributed by atoms with Crippen molar-refractivity contribution in [3.63, 3.8) is 0 Å². The Morgan fingerprint density at radius 1 is 1.35 bits per heavy atom. The molecule has 0 aliphatic carbocycles. The van der Waals surface area contributed by atoms with Crippen molar-refractivity contribution in [2.75, 3.05) is 6.54 Å². The molecule has 1 aliphatic heterocycles. The van der Waals surface area contributed by atoms with Crippen LogP contribution in [0.15, 0.2) is 6.07 Å². The van der Waals surface area contributed by atoms with Gasteiger partial charge in [-0.2, -0.15) is 0 Å². The third kappa shape index (κ3) is 2.65. The largest absolute Gasteiger partial charge is 0.369 e. The molecule has 0 bridgehead atoms. The zero-order valence-corrected chi connectivity index (χ0v) is 12.9. The van der Waals surface area contributed by atoms with Crippen molar-refractivity contribution in [1.82, 2.24) is 9.47 Å². The van der Waals surface area contributed by atoms with Crippen molar-refractivity contribution in [2.24, 2.45) is 18.7 Å². The molecular formula is C13H17Cl2N3O2. The van der Waals surface area contributed by atoms with Gasteiger partial charge >= 0.3 is 0 Å². The smallest absolute Gasteiger partial charge is 0.270 e. The molecule has 1 aliphatic rings. The van der Waals surface area contributed by atoms with Crippen LogP contribution in [0.5, 0.6) is 0 Å². The van der Waals surface area contributed by atoms with E-state index in [4.69, 9.17) is 28.9 Å². The lowest BCUT2D eigenvalue weighted by atomic mass is 9.92. The normalized spacial score (nSPS) is 22.9. The van der Waals surface area contributed by atoms with Crippen LogP contribution >= 0.6 is 23.2 Å². The number of nitrogens with zero attached hydrogens (tertiary/aromatic N) is 2. The van der Waals surface area contributed by atoms with Crippen LogP contribution in [-0.4, -0.2) is 33.9 Å². The summed E-state index contributed by atoms with van der Waals surface area (Å²) in [6, 6.07) is 1.61. The number of aromatic nitrogens is 1. The summed E-state index contributed by atoms with van der Waals surface area (Å²) in [5.74, 6) is -0.834. The van der Waals surface area contributed by atoms with Crippen LogP contribution < -0.4 is 5.73 Å². The summed E-state index contributed by atoms with van der Waals surface area (Å²) in [6.45, 7) is 2.30. The molecule has 2 heterocycles. The van der Waals surface area contributed by atoms with Crippen LogP contribution in [0.4, 0.5) is 0 Å². The summed E-state index contributed by atoms with van der Waals surface area (Å²) in [4.78, 5) is 25.6. The molecule has 2 atom stereocenters. The number of piperidine rings is 1. The van der Waals surface area contributed by atoms with Gasteiger partial charge in [0.15, 0.2) is 0 Å². The summed E-state index contributed by atoms with van der Waals surface area (Å²) < 4.78 is 1.55. The van der Waals surface area contributed by atoms with Crippen LogP contribution in [0.1, 0.15) is 30.3 Å². The van der Waals surface area contributed by atoms with E-state index >= 15 is 0 Å². The Balaban J connectivity index is 2.26. The van der Waals surface area contributed by atoms with Crippen LogP contribution in [-0.2, 0) is 11.8 Å². The Kier molecular flexibility index (Phi) is 4.30. The highest BCUT2D eigenvalue weighted by Gasteiger charge is 2.33. The van der Waals surface area contributed by atoms with Gasteiger partial charge in [0.05, 0.1) is 10.9 Å². The summed E-state index contributed by atoms with van der Waals surface area (Å²) in [7, 11) is 1.68. The van der Waals surface area contributed by atoms with Gasteiger partial charge in [-0.1, -0.05) is 23.2 Å². The maximum atomic E-state index is 12.6. The van der Waals surface area contributed by atoms with Gasteiger partial charge in [-0.05, 0) is 25.8 Å². The van der Waals surface area contributed by atoms with Crippen molar-refractivity contribution in [1.29, 1.82) is 0 Å². The molecule has 0 spiro atoms. The van der Waals surface area contributed by atoms with E-state index in [1.165, 1.54) is 0 Å². The molecule has 1 saturated heterocycles. The quantitative estimate of drug-likeness (QED) is 0.907. The topological polar surface area (TPSA) is 68.3 Å². The van der Waals surface area contributed by atoms with Gasteiger partial charge in [0.25, 0.3) is 5.91 Å². The average Bonchev–Trinajstić information content (AvgIpc) is 2.66. The number of carbonyl (C=O) groups excluding carboxylic acids is 2. The molecule has 0 radical (unpaired) electrons. The van der Waals surface area contributed by atoms with E-state index in [0.717, 1.165) is 12.8 Å². The van der Waals surface area contributed by atoms with Gasteiger partial charge < -0.3 is 15.2 Å². The van der Waals surface area contributed by atoms with Crippen molar-refractivity contribution in [3.05, 3.63) is 21.9 Å². The van der Waals surface area contributed by atoms with Gasteiger partial charge in [-0.25, -0.2) is 0 Å². The summed E-state index contributed by atoms with van der Waals surface area (Å²) in [5.41, 5.74) is 5.76. The number of carbonyl (C=O) groups is 2. The first-order valence-electron chi connectivity index (χ1n) is 6.44. The molecule has 2 rings (SSSR count). The van der Waals surface area contributed by atoms with Crippen molar-refractivity contribution >= 4 is 35.0 Å². The lowest BCUT2D eigenvalue weighted by Crippen LogP contribution is -2.49. The number of halogens is 2. The second kappa shape index (κ2) is 5.66. The maximum Gasteiger partial charge on any atom is 0.270 e. The third-order valence-corrected chi connectivity index (χ3v) is 4.72. The van der Waals surface area contributed by atoms with Gasteiger partial charge in [0, 0.05) is 19.6 Å². The molecule has 2 amide bonds. The minimum absolute atomic E-state index is 0.0607. The Morgan fingerprint density at radius 3 is 2.50 bits per heavy atom. The van der Waals surface area contributed by atoms with Crippen LogP contribution in [0.2, 0.25) is 10.2 Å². The second-order valence-corrected chi connectivity index (χ2v) is 5.98. The predicted molar refractivity (Wildman–Crippen MR) is 77.8 cm³/mol. The Morgan fingerprint density at radius 2 is 2.00 bits per heavy atom. The van der Waals surface area contributed by atoms with Crippen LogP contribution in [0.25, 0.3) is 0 Å². The SMILES string of the molecule is C[C@@H]1CC[C@H](C(N)=O)CN1C(=O)c1cc(Cl)c(Cl)n1C. The first-order chi connectivity index (χ1) is 9.32. The standard InChI is InChI=1S/C13H17Cl2N3O2/c1-7-3-4-8(12(16)19)6-18(7)13(20)10-5-9(14)11(15)17(10)2/h5,7-8H,3-4,6H2,1-2H3,(H2,16,19)/t7-,8+/m1/s1. The molecule has 0 aromatic carbocycles. The lowest BCUT2D eigenvalue weighted by molar-refractivity contribution is -0.123. The highest BCUT2D eigenvalue weighted by molar-refractivity contribution is 6.41. The van der Waals surface area contributed by atoms with Crippen molar-refractivity contribution in [3.8, 4) is 0 Å². The summed E-state index contributed by atoms with van der Waals surface area (Å²) in [5, 5.41) is 0.666. The number of hydrogen-bond donors (Lipinski definition) is 1. The molecule has 1 aromatic heterocycles. The molecule has 1 fully saturated rings. The number of nitrogens with two attached hydrogens (primary N) is 1. The molecule has 7 heteroatoms. The monoisotopic (exact) mass is 317 g/mol. The number of primary amides is 1.